The van der Waals surface area contributed by atoms with Crippen LogP contribution in [0.15, 0.2) is 24.3 Å². The number of carbonyl (C=O) groups is 4. The Morgan fingerprint density at radius 1 is 1.00 bits per heavy atom. The molecule has 2 bridgehead atoms. The average molecular weight is 708 g/mol. The van der Waals surface area contributed by atoms with Crippen molar-refractivity contribution in [3.63, 3.8) is 0 Å². The zero-order valence-corrected chi connectivity index (χ0v) is 29.0. The topological polar surface area (TPSA) is 138 Å². The van der Waals surface area contributed by atoms with Crippen molar-refractivity contribution in [1.82, 2.24) is 25.0 Å². The van der Waals surface area contributed by atoms with Crippen LogP contribution in [0.5, 0.6) is 0 Å². The number of benzene rings is 1. The third-order valence-electron chi connectivity index (χ3n) is 11.1. The van der Waals surface area contributed by atoms with Crippen LogP contribution in [0.1, 0.15) is 105 Å². The Bertz CT molecular complexity index is 1890. The van der Waals surface area contributed by atoms with E-state index in [1.165, 1.54) is 17.9 Å². The molecule has 2 aliphatic carbocycles. The summed E-state index contributed by atoms with van der Waals surface area (Å²) in [5, 5.41) is 14.6. The van der Waals surface area contributed by atoms with Crippen LogP contribution in [0.3, 0.4) is 0 Å². The van der Waals surface area contributed by atoms with E-state index in [2.05, 4.69) is 27.0 Å². The number of rotatable bonds is 5. The number of hydrogen-bond acceptors (Lipinski definition) is 7. The lowest BCUT2D eigenvalue weighted by Crippen LogP contribution is -2.47. The molecule has 0 spiro atoms. The molecule has 51 heavy (non-hydrogen) atoms. The first-order chi connectivity index (χ1) is 24.3. The zero-order chi connectivity index (χ0) is 36.1. The molecule has 4 heterocycles. The number of Topliss-reactive ketones (excluding diaryl/α,β-unsaturated/α-hetero) is 1. The molecule has 1 saturated heterocycles. The second kappa shape index (κ2) is 13.6. The average Bonchev–Trinajstić information content (AvgIpc) is 3.39. The van der Waals surface area contributed by atoms with Crippen molar-refractivity contribution >= 4 is 45.9 Å². The molecule has 11 nitrogen and oxygen atoms in total. The Morgan fingerprint density at radius 3 is 2.47 bits per heavy atom. The number of pyridine rings is 1. The van der Waals surface area contributed by atoms with Crippen molar-refractivity contribution in [2.45, 2.75) is 122 Å². The van der Waals surface area contributed by atoms with E-state index in [-0.39, 0.29) is 48.8 Å². The van der Waals surface area contributed by atoms with Gasteiger partial charge in [0, 0.05) is 48.5 Å². The standard InChI is InChI=1S/C37H44F3N7O4/c1-21-13-14-28(37(38,39)40)43-34(21)44-35(51)27-17-36-18-29(36)47(27)31(50)19-46-33-23(9-5-3-4-6-12-30(49)41-20-36)15-25(42-24-10-7-8-11-24)16-26(33)32(45-46)22(2)48/h13-16,24,27,29,42H,3-12,17-20H2,1-2H3,(H,41,49)(H,43,44,51)/t27-,29+,36-/m0/s1. The number of nitrogens with one attached hydrogen (secondary N) is 3. The minimum Gasteiger partial charge on any atom is -0.382 e. The highest BCUT2D eigenvalue weighted by Gasteiger charge is 2.67. The summed E-state index contributed by atoms with van der Waals surface area (Å²) < 4.78 is 42.0. The van der Waals surface area contributed by atoms with E-state index in [4.69, 9.17) is 5.10 Å². The summed E-state index contributed by atoms with van der Waals surface area (Å²) >= 11 is 0. The maximum atomic E-state index is 14.4. The van der Waals surface area contributed by atoms with Gasteiger partial charge in [-0.15, -0.1) is 0 Å². The summed E-state index contributed by atoms with van der Waals surface area (Å²) in [5.74, 6) is -1.59. The predicted molar refractivity (Wildman–Crippen MR) is 184 cm³/mol. The van der Waals surface area contributed by atoms with Gasteiger partial charge in [-0.05, 0) is 81.2 Å². The molecular weight excluding hydrogens is 663 g/mol. The molecule has 2 aromatic heterocycles. The van der Waals surface area contributed by atoms with Crippen molar-refractivity contribution in [3.8, 4) is 0 Å². The molecule has 7 rings (SSSR count). The van der Waals surface area contributed by atoms with Crippen molar-refractivity contribution in [2.24, 2.45) is 5.41 Å². The lowest BCUT2D eigenvalue weighted by atomic mass is 9.98. The molecule has 4 aliphatic rings. The molecule has 0 radical (unpaired) electrons. The normalized spacial score (nSPS) is 24.6. The third-order valence-corrected chi connectivity index (χ3v) is 11.1. The Labute approximate surface area is 294 Å². The molecule has 2 aliphatic heterocycles. The number of alkyl halides is 3. The number of aryl methyl sites for hydroxylation is 2. The van der Waals surface area contributed by atoms with Gasteiger partial charge in [0.25, 0.3) is 0 Å². The van der Waals surface area contributed by atoms with E-state index in [1.54, 1.807) is 11.6 Å². The molecular formula is C37H44F3N7O4. The van der Waals surface area contributed by atoms with Crippen molar-refractivity contribution in [2.75, 3.05) is 17.2 Å². The van der Waals surface area contributed by atoms with Crippen molar-refractivity contribution in [3.05, 3.63) is 46.8 Å². The summed E-state index contributed by atoms with van der Waals surface area (Å²) in [7, 11) is 0. The van der Waals surface area contributed by atoms with Gasteiger partial charge in [0.1, 0.15) is 29.8 Å². The van der Waals surface area contributed by atoms with Gasteiger partial charge in [0.2, 0.25) is 17.7 Å². The highest BCUT2D eigenvalue weighted by molar-refractivity contribution is 6.07. The number of hydrogen-bond donors (Lipinski definition) is 3. The first-order valence-electron chi connectivity index (χ1n) is 18.1. The highest BCUT2D eigenvalue weighted by Crippen LogP contribution is 2.59. The van der Waals surface area contributed by atoms with Crippen LogP contribution < -0.4 is 16.0 Å². The zero-order valence-electron chi connectivity index (χ0n) is 29.0. The second-order valence-corrected chi connectivity index (χ2v) is 14.9. The summed E-state index contributed by atoms with van der Waals surface area (Å²) in [6.45, 7) is 3.05. The van der Waals surface area contributed by atoms with Crippen LogP contribution in [-0.2, 0) is 33.5 Å². The van der Waals surface area contributed by atoms with Gasteiger partial charge in [-0.3, -0.25) is 23.9 Å². The molecule has 2 saturated carbocycles. The first-order valence-corrected chi connectivity index (χ1v) is 18.1. The van der Waals surface area contributed by atoms with E-state index >= 15 is 0 Å². The second-order valence-electron chi connectivity index (χ2n) is 14.9. The molecule has 0 unspecified atom stereocenters. The van der Waals surface area contributed by atoms with Gasteiger partial charge < -0.3 is 20.9 Å². The molecule has 14 heteroatoms. The molecule has 3 amide bonds. The number of amides is 3. The smallest absolute Gasteiger partial charge is 0.382 e. The molecule has 1 aromatic carbocycles. The maximum absolute atomic E-state index is 14.4. The van der Waals surface area contributed by atoms with Gasteiger partial charge in [0.15, 0.2) is 5.78 Å². The van der Waals surface area contributed by atoms with Crippen LogP contribution in [0.25, 0.3) is 10.9 Å². The fourth-order valence-electron chi connectivity index (χ4n) is 8.37. The number of ketones is 1. The first kappa shape index (κ1) is 34.9. The molecule has 3 fully saturated rings. The summed E-state index contributed by atoms with van der Waals surface area (Å²) in [6.07, 6.45) is 4.99. The Hall–Kier alpha value is -4.49. The number of anilines is 2. The quantitative estimate of drug-likeness (QED) is 0.279. The summed E-state index contributed by atoms with van der Waals surface area (Å²) in [5.41, 5.74) is 1.52. The van der Waals surface area contributed by atoms with Crippen molar-refractivity contribution in [1.29, 1.82) is 0 Å². The number of aromatic nitrogens is 3. The molecule has 3 aromatic rings. The van der Waals surface area contributed by atoms with E-state index in [0.29, 0.717) is 41.8 Å². The van der Waals surface area contributed by atoms with Crippen LogP contribution in [0.2, 0.25) is 0 Å². The maximum Gasteiger partial charge on any atom is 0.433 e. The SMILES string of the molecule is CC(=O)c1nn2c3c(cc(NC4CCCC4)cc13)CCCCCCC(=O)NC[C@@]13C[C@@H](C(=O)Nc4nc(C(F)(F)F)ccc4C)N(C(=O)C2)[C@@H]1C3. The van der Waals surface area contributed by atoms with Crippen LogP contribution in [0.4, 0.5) is 24.7 Å². The fourth-order valence-corrected chi connectivity index (χ4v) is 8.37. The van der Waals surface area contributed by atoms with Gasteiger partial charge in [-0.1, -0.05) is 31.7 Å². The number of nitrogens with zero attached hydrogens (tertiary/aromatic N) is 4. The monoisotopic (exact) mass is 707 g/mol. The van der Waals surface area contributed by atoms with E-state index in [0.717, 1.165) is 68.7 Å². The van der Waals surface area contributed by atoms with Gasteiger partial charge in [0.05, 0.1) is 5.52 Å². The third kappa shape index (κ3) is 7.05. The van der Waals surface area contributed by atoms with Gasteiger partial charge in [-0.2, -0.15) is 18.3 Å². The van der Waals surface area contributed by atoms with E-state index < -0.39 is 35.1 Å². The van der Waals surface area contributed by atoms with E-state index in [1.807, 2.05) is 6.07 Å². The van der Waals surface area contributed by atoms with Crippen LogP contribution in [0, 0.1) is 12.3 Å². The van der Waals surface area contributed by atoms with Crippen LogP contribution in [-0.4, -0.2) is 67.8 Å². The number of carbonyl (C=O) groups excluding carboxylic acids is 4. The van der Waals surface area contributed by atoms with Gasteiger partial charge in [-0.25, -0.2) is 4.98 Å². The molecule has 272 valence electrons. The molecule has 3 atom stereocenters. The largest absolute Gasteiger partial charge is 0.433 e. The van der Waals surface area contributed by atoms with Crippen LogP contribution >= 0.6 is 0 Å². The Morgan fingerprint density at radius 2 is 1.75 bits per heavy atom. The number of halogens is 3. The Kier molecular flexibility index (Phi) is 9.30. The molecule has 3 N–H and O–H groups in total. The van der Waals surface area contributed by atoms with E-state index in [9.17, 15) is 32.3 Å². The minimum absolute atomic E-state index is 0.0850. The summed E-state index contributed by atoms with van der Waals surface area (Å²) in [4.78, 5) is 59.3. The predicted octanol–water partition coefficient (Wildman–Crippen LogP) is 5.94. The summed E-state index contributed by atoms with van der Waals surface area (Å²) in [6, 6.07) is 5.12. The van der Waals surface area contributed by atoms with Gasteiger partial charge >= 0.3 is 6.18 Å². The lowest BCUT2D eigenvalue weighted by Gasteiger charge is -2.27. The Balaban J connectivity index is 1.25. The minimum atomic E-state index is -4.70. The highest BCUT2D eigenvalue weighted by atomic mass is 19.4. The lowest BCUT2D eigenvalue weighted by molar-refractivity contribution is -0.141. The number of piperidine rings is 1. The fraction of sp³-hybridized carbons (Fsp3) is 0.568. The van der Waals surface area contributed by atoms with Crippen molar-refractivity contribution < 1.29 is 32.3 Å².